The number of hydrogen-bond acceptors (Lipinski definition) is 3. The van der Waals surface area contributed by atoms with Gasteiger partial charge in [-0.05, 0) is 46.5 Å². The minimum absolute atomic E-state index is 0.365. The maximum atomic E-state index is 12.0. The van der Waals surface area contributed by atoms with Crippen molar-refractivity contribution in [1.82, 2.24) is 9.84 Å². The second-order valence-corrected chi connectivity index (χ2v) is 8.74. The molecule has 1 fully saturated rings. The van der Waals surface area contributed by atoms with E-state index in [9.17, 15) is 8.42 Å². The van der Waals surface area contributed by atoms with Gasteiger partial charge in [0.05, 0.1) is 4.75 Å². The van der Waals surface area contributed by atoms with Gasteiger partial charge in [-0.15, -0.1) is 4.83 Å². The van der Waals surface area contributed by atoms with E-state index in [1.165, 1.54) is 5.57 Å². The molecule has 2 unspecified atom stereocenters. The lowest BCUT2D eigenvalue weighted by atomic mass is 10.0. The van der Waals surface area contributed by atoms with E-state index < -0.39 is 14.8 Å². The molecule has 0 aromatic heterocycles. The first kappa shape index (κ1) is 14.8. The van der Waals surface area contributed by atoms with E-state index in [0.29, 0.717) is 6.04 Å². The summed E-state index contributed by atoms with van der Waals surface area (Å²) in [5.41, 5.74) is 1.48. The zero-order valence-corrected chi connectivity index (χ0v) is 12.8. The van der Waals surface area contributed by atoms with Crippen LogP contribution in [-0.2, 0) is 10.0 Å². The molecule has 0 aromatic rings. The average Bonchev–Trinajstić information content (AvgIpc) is 3.04. The fourth-order valence-corrected chi connectivity index (χ4v) is 2.84. The molecule has 0 aromatic carbocycles. The zero-order chi connectivity index (χ0) is 14.1. The van der Waals surface area contributed by atoms with Crippen LogP contribution in [0.5, 0.6) is 0 Å². The van der Waals surface area contributed by atoms with E-state index in [1.54, 1.807) is 20.8 Å². The van der Waals surface area contributed by atoms with E-state index in [4.69, 9.17) is 0 Å². The smallest absolute Gasteiger partial charge is 0.225 e. The Labute approximate surface area is 116 Å². The van der Waals surface area contributed by atoms with Crippen LogP contribution in [0.15, 0.2) is 23.8 Å². The van der Waals surface area contributed by atoms with Gasteiger partial charge in [0.25, 0.3) is 0 Å². The third-order valence-electron chi connectivity index (χ3n) is 3.65. The van der Waals surface area contributed by atoms with Crippen molar-refractivity contribution in [2.24, 2.45) is 0 Å². The maximum absolute atomic E-state index is 12.0. The summed E-state index contributed by atoms with van der Waals surface area (Å²) in [6.07, 6.45) is 10.9. The lowest BCUT2D eigenvalue weighted by Crippen LogP contribution is -2.42. The van der Waals surface area contributed by atoms with Crippen molar-refractivity contribution < 1.29 is 8.42 Å². The van der Waals surface area contributed by atoms with Crippen LogP contribution in [0.4, 0.5) is 0 Å². The Morgan fingerprint density at radius 1 is 1.37 bits per heavy atom. The number of hydrazine groups is 1. The van der Waals surface area contributed by atoms with Crippen molar-refractivity contribution in [1.29, 1.82) is 0 Å². The highest BCUT2D eigenvalue weighted by atomic mass is 32.2. The summed E-state index contributed by atoms with van der Waals surface area (Å²) in [5, 5.41) is 1.83. The fourth-order valence-electron chi connectivity index (χ4n) is 2.04. The molecule has 1 aliphatic carbocycles. The summed E-state index contributed by atoms with van der Waals surface area (Å²) in [4.78, 5) is 2.68. The molecule has 0 radical (unpaired) electrons. The first-order valence-electron chi connectivity index (χ1n) is 6.91. The predicted octanol–water partition coefficient (Wildman–Crippen LogP) is 2.36. The molecule has 0 spiro atoms. The van der Waals surface area contributed by atoms with Gasteiger partial charge in [-0.3, -0.25) is 0 Å². The van der Waals surface area contributed by atoms with Crippen LogP contribution < -0.4 is 4.83 Å². The van der Waals surface area contributed by atoms with E-state index in [0.717, 1.165) is 32.2 Å². The predicted molar refractivity (Wildman–Crippen MR) is 78.0 cm³/mol. The summed E-state index contributed by atoms with van der Waals surface area (Å²) < 4.78 is 23.2. The highest BCUT2D eigenvalue weighted by Gasteiger charge is 2.40. The summed E-state index contributed by atoms with van der Waals surface area (Å²) in [6.45, 7) is 5.98. The second kappa shape index (κ2) is 5.38. The van der Waals surface area contributed by atoms with E-state index in [-0.39, 0.29) is 0 Å². The molecule has 108 valence electrons. The minimum atomic E-state index is -3.26. The molecule has 2 atom stereocenters. The molecule has 1 aliphatic heterocycles. The molecular formula is C14H24N2O2S. The van der Waals surface area contributed by atoms with Gasteiger partial charge in [0.1, 0.15) is 0 Å². The van der Waals surface area contributed by atoms with Crippen LogP contribution in [0.2, 0.25) is 0 Å². The Bertz CT molecular complexity index is 486. The van der Waals surface area contributed by atoms with E-state index in [2.05, 4.69) is 23.1 Å². The van der Waals surface area contributed by atoms with Crippen molar-refractivity contribution in [2.75, 3.05) is 6.54 Å². The summed E-state index contributed by atoms with van der Waals surface area (Å²) in [5.74, 6) is 0. The summed E-state index contributed by atoms with van der Waals surface area (Å²) in [7, 11) is -3.26. The molecule has 2 rings (SSSR count). The lowest BCUT2D eigenvalue weighted by Gasteiger charge is -2.20. The van der Waals surface area contributed by atoms with Gasteiger partial charge in [-0.25, -0.2) is 13.4 Å². The number of rotatable bonds is 5. The van der Waals surface area contributed by atoms with Gasteiger partial charge in [-0.1, -0.05) is 23.8 Å². The second-order valence-electron chi connectivity index (χ2n) is 6.33. The minimum Gasteiger partial charge on any atom is -0.225 e. The van der Waals surface area contributed by atoms with Crippen LogP contribution in [0.25, 0.3) is 0 Å². The highest BCUT2D eigenvalue weighted by molar-refractivity contribution is 7.90. The van der Waals surface area contributed by atoms with Crippen LogP contribution in [-0.4, -0.2) is 30.8 Å². The zero-order valence-electron chi connectivity index (χ0n) is 12.0. The van der Waals surface area contributed by atoms with E-state index >= 15 is 0 Å². The number of sulfonamides is 1. The van der Waals surface area contributed by atoms with Gasteiger partial charge in [0.2, 0.25) is 10.0 Å². The van der Waals surface area contributed by atoms with Crippen LogP contribution in [0, 0.1) is 0 Å². The average molecular weight is 284 g/mol. The lowest BCUT2D eigenvalue weighted by molar-refractivity contribution is 0.427. The molecule has 0 bridgehead atoms. The number of hydrogen-bond donors (Lipinski definition) is 1. The number of nitrogens with zero attached hydrogens (tertiary/aromatic N) is 1. The topological polar surface area (TPSA) is 49.2 Å². The number of nitrogens with one attached hydrogen (secondary N) is 1. The standard InChI is InChI=1S/C14H24N2O2S/c1-14(2,3)19(17,18)15-16-11-13(16)10-9-12-7-5-4-6-8-12/h4-5,8,13,15H,6-7,9-11H2,1-3H3. The fraction of sp³-hybridized carbons (Fsp3) is 0.714. The molecule has 19 heavy (non-hydrogen) atoms. The molecule has 4 nitrogen and oxygen atoms in total. The quantitative estimate of drug-likeness (QED) is 0.623. The number of allylic oxidation sites excluding steroid dienone is 4. The molecule has 1 heterocycles. The maximum Gasteiger partial charge on any atom is 0.229 e. The van der Waals surface area contributed by atoms with Gasteiger partial charge in [-0.2, -0.15) is 0 Å². The van der Waals surface area contributed by atoms with Gasteiger partial charge >= 0.3 is 0 Å². The van der Waals surface area contributed by atoms with Crippen molar-refractivity contribution in [2.45, 2.75) is 57.2 Å². The molecule has 0 saturated carbocycles. The Hall–Kier alpha value is -0.650. The van der Waals surface area contributed by atoms with Crippen molar-refractivity contribution >= 4 is 10.0 Å². The third kappa shape index (κ3) is 3.91. The van der Waals surface area contributed by atoms with Crippen LogP contribution >= 0.6 is 0 Å². The van der Waals surface area contributed by atoms with Crippen molar-refractivity contribution in [3.05, 3.63) is 23.8 Å². The largest absolute Gasteiger partial charge is 0.229 e. The Morgan fingerprint density at radius 2 is 2.11 bits per heavy atom. The van der Waals surface area contributed by atoms with Crippen LogP contribution in [0.1, 0.15) is 46.5 Å². The third-order valence-corrected chi connectivity index (χ3v) is 5.73. The molecular weight excluding hydrogens is 260 g/mol. The van der Waals surface area contributed by atoms with Crippen LogP contribution in [0.3, 0.4) is 0 Å². The first-order chi connectivity index (χ1) is 8.79. The Balaban J connectivity index is 1.75. The van der Waals surface area contributed by atoms with Crippen molar-refractivity contribution in [3.63, 3.8) is 0 Å². The molecule has 1 N–H and O–H groups in total. The Kier molecular flexibility index (Phi) is 4.18. The monoisotopic (exact) mass is 284 g/mol. The molecule has 5 heteroatoms. The van der Waals surface area contributed by atoms with E-state index in [1.807, 2.05) is 5.01 Å². The summed E-state index contributed by atoms with van der Waals surface area (Å²) in [6, 6.07) is 0.365. The van der Waals surface area contributed by atoms with Gasteiger partial charge < -0.3 is 0 Å². The first-order valence-corrected chi connectivity index (χ1v) is 8.39. The summed E-state index contributed by atoms with van der Waals surface area (Å²) >= 11 is 0. The normalized spacial score (nSPS) is 27.2. The van der Waals surface area contributed by atoms with Gasteiger partial charge in [0, 0.05) is 12.6 Å². The molecule has 2 aliphatic rings. The van der Waals surface area contributed by atoms with Gasteiger partial charge in [0.15, 0.2) is 0 Å². The van der Waals surface area contributed by atoms with Crippen molar-refractivity contribution in [3.8, 4) is 0 Å². The molecule has 1 saturated heterocycles. The Morgan fingerprint density at radius 3 is 2.68 bits per heavy atom. The highest BCUT2D eigenvalue weighted by Crippen LogP contribution is 2.26. The molecule has 0 amide bonds. The SMILES string of the molecule is CC(C)(C)S(=O)(=O)NN1CC1CCC1=CCC=CC1.